The Bertz CT molecular complexity index is 1990. The lowest BCUT2D eigenvalue weighted by molar-refractivity contribution is -0.458. The van der Waals surface area contributed by atoms with Gasteiger partial charge in [0.15, 0.2) is 0 Å². The van der Waals surface area contributed by atoms with E-state index >= 15 is 0 Å². The van der Waals surface area contributed by atoms with Gasteiger partial charge in [0.1, 0.15) is 0 Å². The molecule has 1 aromatic carbocycles. The molecule has 1 heterocycles. The SMILES string of the molecule is Cn1nc(S(N)(=O)=O)sc1=NS(=O)(=O)c1ccc(NS(=O)(=O)C(F)(F)C(F)(F)C(F)(F)C(F)(F)C(F)(F)C(F)(F)C(F)(F)C(F)(F)F)cc1. The van der Waals surface area contributed by atoms with Gasteiger partial charge >= 0.3 is 57.0 Å². The van der Waals surface area contributed by atoms with E-state index in [1.54, 1.807) is 0 Å². The van der Waals surface area contributed by atoms with Gasteiger partial charge in [0.05, 0.1) is 4.90 Å². The highest BCUT2D eigenvalue weighted by Gasteiger charge is 2.96. The van der Waals surface area contributed by atoms with Gasteiger partial charge in [0.2, 0.25) is 9.14 Å². The third-order valence-electron chi connectivity index (χ3n) is 5.56. The van der Waals surface area contributed by atoms with Gasteiger partial charge in [-0.05, 0) is 24.3 Å². The van der Waals surface area contributed by atoms with Crippen LogP contribution in [0.3, 0.4) is 0 Å². The molecule has 0 aliphatic heterocycles. The zero-order valence-corrected chi connectivity index (χ0v) is 25.5. The molecule has 0 radical (unpaired) electrons. The van der Waals surface area contributed by atoms with E-state index in [9.17, 15) is 99.9 Å². The molecule has 0 aliphatic carbocycles. The fourth-order valence-electron chi connectivity index (χ4n) is 2.91. The van der Waals surface area contributed by atoms with E-state index in [-0.39, 0.29) is 35.6 Å². The van der Waals surface area contributed by atoms with Crippen LogP contribution >= 0.6 is 11.3 Å². The quantitative estimate of drug-likeness (QED) is 0.303. The number of nitrogens with zero attached hydrogens (tertiary/aromatic N) is 3. The molecule has 11 nitrogen and oxygen atoms in total. The molecule has 0 saturated carbocycles. The van der Waals surface area contributed by atoms with E-state index < -0.39 is 96.8 Å². The normalized spacial score (nSPS) is 15.9. The van der Waals surface area contributed by atoms with E-state index in [1.807, 2.05) is 0 Å². The van der Waals surface area contributed by atoms with Gasteiger partial charge in [0, 0.05) is 12.7 Å². The highest BCUT2D eigenvalue weighted by Crippen LogP contribution is 2.64. The smallest absolute Gasteiger partial charge is 0.278 e. The number of primary sulfonamides is 1. The van der Waals surface area contributed by atoms with Crippen molar-refractivity contribution >= 4 is 47.1 Å². The van der Waals surface area contributed by atoms with Crippen LogP contribution in [0.15, 0.2) is 37.9 Å². The van der Waals surface area contributed by atoms with Crippen LogP contribution in [0.4, 0.5) is 80.3 Å². The van der Waals surface area contributed by atoms with Crippen LogP contribution in [0, 0.1) is 0 Å². The van der Waals surface area contributed by atoms with Crippen LogP contribution in [0.5, 0.6) is 0 Å². The first-order valence-electron chi connectivity index (χ1n) is 11.0. The number of aromatic nitrogens is 2. The Labute approximate surface area is 263 Å². The molecule has 2 aromatic rings. The topological polar surface area (TPSA) is 171 Å². The fraction of sp³-hybridized carbons (Fsp3) is 0.529. The van der Waals surface area contributed by atoms with Crippen molar-refractivity contribution in [1.29, 1.82) is 0 Å². The third-order valence-corrected chi connectivity index (χ3v) is 10.7. The van der Waals surface area contributed by atoms with Crippen molar-refractivity contribution in [2.24, 2.45) is 16.6 Å². The van der Waals surface area contributed by atoms with Gasteiger partial charge in [0.25, 0.3) is 20.0 Å². The Morgan fingerprint density at radius 2 is 1.06 bits per heavy atom. The molecular weight excluding hydrogens is 821 g/mol. The first-order chi connectivity index (χ1) is 21.3. The number of aryl methyl sites for hydroxylation is 1. The summed E-state index contributed by atoms with van der Waals surface area (Å²) >= 11 is 0.0692. The van der Waals surface area contributed by atoms with Crippen molar-refractivity contribution in [3.05, 3.63) is 29.1 Å². The Hall–Kier alpha value is -3.00. The summed E-state index contributed by atoms with van der Waals surface area (Å²) in [4.78, 5) is -1.78. The minimum Gasteiger partial charge on any atom is -0.278 e. The number of rotatable bonds is 12. The van der Waals surface area contributed by atoms with Crippen LogP contribution in [-0.4, -0.2) is 82.0 Å². The number of nitrogens with two attached hydrogens (primary N) is 1. The third kappa shape index (κ3) is 6.52. The predicted octanol–water partition coefficient (Wildman–Crippen LogP) is 4.13. The lowest BCUT2D eigenvalue weighted by atomic mass is 9.91. The molecule has 0 unspecified atom stereocenters. The average molecular weight is 832 g/mol. The number of hydrogen-bond acceptors (Lipinski definition) is 8. The van der Waals surface area contributed by atoms with Gasteiger partial charge < -0.3 is 0 Å². The maximum Gasteiger partial charge on any atom is 0.460 e. The highest BCUT2D eigenvalue weighted by molar-refractivity contribution is 7.93. The first kappa shape index (κ1) is 42.2. The Kier molecular flexibility index (Phi) is 10.1. The minimum atomic E-state index is -9.01. The van der Waals surface area contributed by atoms with Gasteiger partial charge in [-0.1, -0.05) is 11.3 Å². The monoisotopic (exact) mass is 831 g/mol. The number of halogens is 17. The summed E-state index contributed by atoms with van der Waals surface area (Å²) in [6.45, 7) is 0. The van der Waals surface area contributed by atoms with Gasteiger partial charge in [-0.3, -0.25) is 4.72 Å². The maximum atomic E-state index is 14.3. The summed E-state index contributed by atoms with van der Waals surface area (Å²) in [5.74, 6) is -52.6. The summed E-state index contributed by atoms with van der Waals surface area (Å²) in [7, 11) is -16.3. The van der Waals surface area contributed by atoms with Crippen molar-refractivity contribution < 1.29 is 99.9 Å². The largest absolute Gasteiger partial charge is 0.460 e. The van der Waals surface area contributed by atoms with Crippen molar-refractivity contribution in [2.45, 2.75) is 56.2 Å². The molecule has 1 aromatic heterocycles. The molecule has 0 amide bonds. The summed E-state index contributed by atoms with van der Waals surface area (Å²) in [5.41, 5.74) is -1.55. The van der Waals surface area contributed by atoms with Crippen LogP contribution in [0.2, 0.25) is 0 Å². The fourth-order valence-corrected chi connectivity index (χ4v) is 6.72. The molecule has 0 fully saturated rings. The minimum absolute atomic E-state index is 0.0390. The number of benzene rings is 1. The predicted molar refractivity (Wildman–Crippen MR) is 125 cm³/mol. The lowest BCUT2D eigenvalue weighted by Crippen LogP contribution is -2.75. The zero-order valence-electron chi connectivity index (χ0n) is 22.2. The Morgan fingerprint density at radius 3 is 1.43 bits per heavy atom. The maximum absolute atomic E-state index is 14.3. The number of sulfonamides is 3. The molecule has 0 spiro atoms. The van der Waals surface area contributed by atoms with Crippen molar-refractivity contribution in [3.8, 4) is 0 Å². The van der Waals surface area contributed by atoms with Gasteiger partial charge in [-0.25, -0.2) is 18.2 Å². The van der Waals surface area contributed by atoms with Crippen molar-refractivity contribution in [1.82, 2.24) is 9.78 Å². The molecule has 2 rings (SSSR count). The van der Waals surface area contributed by atoms with E-state index in [4.69, 9.17) is 5.14 Å². The zero-order chi connectivity index (χ0) is 39.0. The van der Waals surface area contributed by atoms with Crippen LogP contribution in [-0.2, 0) is 37.1 Å². The Balaban J connectivity index is 2.54. The molecular formula is C17H10F17N5O6S4. The Morgan fingerprint density at radius 1 is 0.673 bits per heavy atom. The molecule has 0 atom stereocenters. The highest BCUT2D eigenvalue weighted by atomic mass is 32.2. The average Bonchev–Trinajstić information content (AvgIpc) is 3.27. The van der Waals surface area contributed by atoms with Crippen molar-refractivity contribution in [2.75, 3.05) is 4.72 Å². The van der Waals surface area contributed by atoms with Gasteiger partial charge in [-0.15, -0.1) is 9.50 Å². The number of alkyl halides is 17. The molecule has 49 heavy (non-hydrogen) atoms. The molecule has 0 saturated heterocycles. The van der Waals surface area contributed by atoms with E-state index in [0.717, 1.165) is 7.05 Å². The molecule has 0 aliphatic rings. The van der Waals surface area contributed by atoms with E-state index in [1.165, 1.54) is 0 Å². The molecule has 0 bridgehead atoms. The number of nitrogens with one attached hydrogen (secondary N) is 1. The molecule has 3 N–H and O–H groups in total. The second kappa shape index (κ2) is 11.8. The van der Waals surface area contributed by atoms with Crippen LogP contribution in [0.1, 0.15) is 0 Å². The second-order valence-corrected chi connectivity index (χ2v) is 15.0. The second-order valence-electron chi connectivity index (χ2n) is 8.98. The van der Waals surface area contributed by atoms with Crippen LogP contribution in [0.25, 0.3) is 0 Å². The number of anilines is 1. The standard InChI is InChI=1S/C17H10F17N5O6S4/c1-39-8(46-9(36-39)47(35,40)41)38-48(42,43)7-4-2-6(3-5-7)37-49(44,45)17(33,34)15(28,29)13(24,25)11(20,21)10(18,19)12(22,23)14(26,27)16(30,31)32/h2-5,37H,1H3,(H2,35,40,41). The van der Waals surface area contributed by atoms with Crippen LogP contribution < -0.4 is 14.7 Å². The van der Waals surface area contributed by atoms with E-state index in [2.05, 4.69) is 9.50 Å². The van der Waals surface area contributed by atoms with Crippen molar-refractivity contribution in [3.63, 3.8) is 0 Å². The molecule has 32 heteroatoms. The first-order valence-corrected chi connectivity index (χ1v) is 16.3. The summed E-state index contributed by atoms with van der Waals surface area (Å²) < 4.78 is 303. The van der Waals surface area contributed by atoms with Gasteiger partial charge in [-0.2, -0.15) is 91.5 Å². The van der Waals surface area contributed by atoms with E-state index in [0.29, 0.717) is 9.40 Å². The summed E-state index contributed by atoms with van der Waals surface area (Å²) in [6.07, 6.45) is -7.97. The number of hydrogen-bond donors (Lipinski definition) is 2. The summed E-state index contributed by atoms with van der Waals surface area (Å²) in [5, 5.41) is 0.280. The molecule has 282 valence electrons. The summed E-state index contributed by atoms with van der Waals surface area (Å²) in [6, 6.07) is 0.468. The lowest BCUT2D eigenvalue weighted by Gasteiger charge is -2.42.